The lowest BCUT2D eigenvalue weighted by Gasteiger charge is -2.16. The summed E-state index contributed by atoms with van der Waals surface area (Å²) in [7, 11) is 1.59. The minimum absolute atomic E-state index is 0.00547. The highest BCUT2D eigenvalue weighted by Gasteiger charge is 2.23. The SMILES string of the molecule is Cn1ncc(NC2CCc3ccc(F)cc32)c(Br)c1=O. The minimum Gasteiger partial charge on any atom is -0.376 e. The number of nitrogens with one attached hydrogen (secondary N) is 1. The fourth-order valence-electron chi connectivity index (χ4n) is 2.52. The second-order valence-electron chi connectivity index (χ2n) is 4.88. The van der Waals surface area contributed by atoms with E-state index in [9.17, 15) is 9.18 Å². The average Bonchev–Trinajstić information content (AvgIpc) is 2.82. The van der Waals surface area contributed by atoms with Crippen LogP contribution in [0.25, 0.3) is 0 Å². The number of hydrogen-bond acceptors (Lipinski definition) is 3. The molecule has 0 radical (unpaired) electrons. The van der Waals surface area contributed by atoms with Crippen molar-refractivity contribution in [2.45, 2.75) is 18.9 Å². The van der Waals surface area contributed by atoms with Gasteiger partial charge in [0.1, 0.15) is 10.3 Å². The number of anilines is 1. The molecule has 20 heavy (non-hydrogen) atoms. The van der Waals surface area contributed by atoms with Crippen LogP contribution in [0.3, 0.4) is 0 Å². The van der Waals surface area contributed by atoms with Crippen LogP contribution in [-0.4, -0.2) is 9.78 Å². The van der Waals surface area contributed by atoms with Gasteiger partial charge in [-0.05, 0) is 52.0 Å². The molecule has 1 atom stereocenters. The van der Waals surface area contributed by atoms with Crippen molar-refractivity contribution in [3.05, 3.63) is 56.2 Å². The highest BCUT2D eigenvalue weighted by Crippen LogP contribution is 2.35. The molecule has 104 valence electrons. The van der Waals surface area contributed by atoms with Gasteiger partial charge in [0.05, 0.1) is 17.9 Å². The van der Waals surface area contributed by atoms with Gasteiger partial charge in [-0.2, -0.15) is 5.10 Å². The van der Waals surface area contributed by atoms with Crippen LogP contribution in [-0.2, 0) is 13.5 Å². The van der Waals surface area contributed by atoms with Crippen LogP contribution in [0.4, 0.5) is 10.1 Å². The lowest BCUT2D eigenvalue weighted by atomic mass is 10.1. The maximum Gasteiger partial charge on any atom is 0.282 e. The van der Waals surface area contributed by atoms with E-state index in [2.05, 4.69) is 26.3 Å². The summed E-state index contributed by atoms with van der Waals surface area (Å²) in [4.78, 5) is 11.8. The minimum atomic E-state index is -0.237. The van der Waals surface area contributed by atoms with Crippen molar-refractivity contribution < 1.29 is 4.39 Å². The molecule has 3 rings (SSSR count). The summed E-state index contributed by atoms with van der Waals surface area (Å²) in [6.45, 7) is 0. The van der Waals surface area contributed by atoms with Gasteiger partial charge in [-0.25, -0.2) is 9.07 Å². The smallest absolute Gasteiger partial charge is 0.282 e. The van der Waals surface area contributed by atoms with Gasteiger partial charge >= 0.3 is 0 Å². The van der Waals surface area contributed by atoms with Crippen LogP contribution in [0.5, 0.6) is 0 Å². The van der Waals surface area contributed by atoms with E-state index in [0.29, 0.717) is 10.2 Å². The van der Waals surface area contributed by atoms with Crippen molar-refractivity contribution in [2.75, 3.05) is 5.32 Å². The summed E-state index contributed by atoms with van der Waals surface area (Å²) in [5.74, 6) is -0.237. The number of aryl methyl sites for hydroxylation is 2. The molecule has 0 saturated heterocycles. The van der Waals surface area contributed by atoms with E-state index in [0.717, 1.165) is 24.0 Å². The molecule has 2 aromatic rings. The van der Waals surface area contributed by atoms with Gasteiger partial charge in [0, 0.05) is 7.05 Å². The normalized spacial score (nSPS) is 17.1. The Balaban J connectivity index is 1.93. The first-order chi connectivity index (χ1) is 9.56. The average molecular weight is 338 g/mol. The fourth-order valence-corrected chi connectivity index (χ4v) is 3.00. The van der Waals surface area contributed by atoms with Crippen LogP contribution in [0.1, 0.15) is 23.6 Å². The summed E-state index contributed by atoms with van der Waals surface area (Å²) in [5.41, 5.74) is 2.54. The Labute approximate surface area is 123 Å². The second-order valence-corrected chi connectivity index (χ2v) is 5.67. The highest BCUT2D eigenvalue weighted by atomic mass is 79.9. The van der Waals surface area contributed by atoms with E-state index in [1.807, 2.05) is 6.07 Å². The predicted octanol–water partition coefficient (Wildman–Crippen LogP) is 2.78. The van der Waals surface area contributed by atoms with Gasteiger partial charge in [-0.3, -0.25) is 4.79 Å². The van der Waals surface area contributed by atoms with Crippen molar-refractivity contribution in [2.24, 2.45) is 7.05 Å². The van der Waals surface area contributed by atoms with Crippen LogP contribution >= 0.6 is 15.9 Å². The zero-order valence-corrected chi connectivity index (χ0v) is 12.4. The number of benzene rings is 1. The molecule has 1 aliphatic rings. The van der Waals surface area contributed by atoms with Gasteiger partial charge in [0.2, 0.25) is 0 Å². The topological polar surface area (TPSA) is 46.9 Å². The third kappa shape index (κ3) is 2.24. The molecule has 0 bridgehead atoms. The largest absolute Gasteiger partial charge is 0.376 e. The number of hydrogen-bond donors (Lipinski definition) is 1. The maximum atomic E-state index is 13.4. The Hall–Kier alpha value is -1.69. The van der Waals surface area contributed by atoms with Crippen molar-refractivity contribution in [1.29, 1.82) is 0 Å². The van der Waals surface area contributed by atoms with Crippen LogP contribution in [0, 0.1) is 5.82 Å². The fraction of sp³-hybridized carbons (Fsp3) is 0.286. The molecule has 0 aliphatic heterocycles. The summed E-state index contributed by atoms with van der Waals surface area (Å²) >= 11 is 3.28. The molecule has 1 aromatic carbocycles. The molecular weight excluding hydrogens is 325 g/mol. The molecule has 1 unspecified atom stereocenters. The van der Waals surface area contributed by atoms with E-state index in [1.54, 1.807) is 19.3 Å². The number of fused-ring (bicyclic) bond motifs is 1. The van der Waals surface area contributed by atoms with Crippen molar-refractivity contribution in [3.8, 4) is 0 Å². The Bertz CT molecular complexity index is 729. The molecule has 0 spiro atoms. The molecule has 4 nitrogen and oxygen atoms in total. The van der Waals surface area contributed by atoms with Crippen molar-refractivity contribution in [1.82, 2.24) is 9.78 Å². The summed E-state index contributed by atoms with van der Waals surface area (Å²) < 4.78 is 15.1. The molecule has 1 aliphatic carbocycles. The molecule has 6 heteroatoms. The summed E-state index contributed by atoms with van der Waals surface area (Å²) in [6, 6.07) is 4.87. The Morgan fingerprint density at radius 3 is 3.10 bits per heavy atom. The Kier molecular flexibility index (Phi) is 3.33. The molecule has 0 saturated carbocycles. The van der Waals surface area contributed by atoms with Crippen LogP contribution in [0.15, 0.2) is 33.7 Å². The van der Waals surface area contributed by atoms with E-state index in [1.165, 1.54) is 10.7 Å². The molecule has 0 fully saturated rings. The highest BCUT2D eigenvalue weighted by molar-refractivity contribution is 9.10. The second kappa shape index (κ2) is 5.01. The molecule has 1 aromatic heterocycles. The van der Waals surface area contributed by atoms with Crippen molar-refractivity contribution in [3.63, 3.8) is 0 Å². The first-order valence-corrected chi connectivity index (χ1v) is 7.12. The van der Waals surface area contributed by atoms with Crippen molar-refractivity contribution >= 4 is 21.6 Å². The van der Waals surface area contributed by atoms with Gasteiger partial charge in [-0.15, -0.1) is 0 Å². The zero-order valence-electron chi connectivity index (χ0n) is 10.9. The first kappa shape index (κ1) is 13.3. The van der Waals surface area contributed by atoms with E-state index < -0.39 is 0 Å². The predicted molar refractivity (Wildman–Crippen MR) is 78.3 cm³/mol. The number of halogens is 2. The molecular formula is C14H13BrFN3O. The van der Waals surface area contributed by atoms with E-state index >= 15 is 0 Å². The molecule has 1 N–H and O–H groups in total. The number of nitrogens with zero attached hydrogens (tertiary/aromatic N) is 2. The third-order valence-electron chi connectivity index (χ3n) is 3.59. The van der Waals surface area contributed by atoms with Gasteiger partial charge < -0.3 is 5.32 Å². The summed E-state index contributed by atoms with van der Waals surface area (Å²) in [6.07, 6.45) is 3.38. The number of rotatable bonds is 2. The first-order valence-electron chi connectivity index (χ1n) is 6.33. The Morgan fingerprint density at radius 2 is 2.30 bits per heavy atom. The number of aromatic nitrogens is 2. The van der Waals surface area contributed by atoms with Gasteiger partial charge in [0.15, 0.2) is 0 Å². The monoisotopic (exact) mass is 337 g/mol. The van der Waals surface area contributed by atoms with Crippen LogP contribution in [0.2, 0.25) is 0 Å². The van der Waals surface area contributed by atoms with E-state index in [4.69, 9.17) is 0 Å². The zero-order chi connectivity index (χ0) is 14.3. The maximum absolute atomic E-state index is 13.4. The van der Waals surface area contributed by atoms with E-state index in [-0.39, 0.29) is 17.4 Å². The Morgan fingerprint density at radius 1 is 1.50 bits per heavy atom. The lowest BCUT2D eigenvalue weighted by Crippen LogP contribution is -2.22. The van der Waals surface area contributed by atoms with Gasteiger partial charge in [0.25, 0.3) is 5.56 Å². The lowest BCUT2D eigenvalue weighted by molar-refractivity contribution is 0.623. The summed E-state index contributed by atoms with van der Waals surface area (Å²) in [5, 5.41) is 7.26. The van der Waals surface area contributed by atoms with Gasteiger partial charge in [-0.1, -0.05) is 6.07 Å². The molecule has 1 heterocycles. The molecule has 0 amide bonds. The standard InChI is InChI=1S/C14H13BrFN3O/c1-19-14(20)13(15)12(7-17-19)18-11-5-3-8-2-4-9(16)6-10(8)11/h2,4,6-7,11,18H,3,5H2,1H3. The quantitative estimate of drug-likeness (QED) is 0.916. The van der Waals surface area contributed by atoms with Crippen LogP contribution < -0.4 is 10.9 Å². The third-order valence-corrected chi connectivity index (χ3v) is 4.36.